The van der Waals surface area contributed by atoms with Gasteiger partial charge in [-0.2, -0.15) is 0 Å². The van der Waals surface area contributed by atoms with Crippen LogP contribution in [0.15, 0.2) is 18.2 Å². The second-order valence-corrected chi connectivity index (χ2v) is 8.02. The number of hydrogen-bond acceptors (Lipinski definition) is 7. The van der Waals surface area contributed by atoms with E-state index in [1.54, 1.807) is 0 Å². The molecule has 0 aromatic heterocycles. The number of ether oxygens (including phenoxy) is 1. The molecule has 0 aliphatic carbocycles. The summed E-state index contributed by atoms with van der Waals surface area (Å²) in [5.41, 5.74) is -0.788. The predicted molar refractivity (Wildman–Crippen MR) is 84.5 cm³/mol. The molecule has 1 aromatic rings. The molecule has 0 radical (unpaired) electrons. The maximum Gasteiger partial charge on any atom is 0.340 e. The van der Waals surface area contributed by atoms with Crippen LogP contribution < -0.4 is 4.90 Å². The molecule has 1 fully saturated rings. The van der Waals surface area contributed by atoms with E-state index < -0.39 is 43.2 Å². The molecule has 1 saturated heterocycles. The Labute approximate surface area is 141 Å². The molecule has 24 heavy (non-hydrogen) atoms. The number of anilines is 1. The summed E-state index contributed by atoms with van der Waals surface area (Å²) in [6.07, 6.45) is -0.140. The lowest BCUT2D eigenvalue weighted by Crippen LogP contribution is -2.28. The predicted octanol–water partition coefficient (Wildman–Crippen LogP) is 1.30. The fourth-order valence-electron chi connectivity index (χ4n) is 2.63. The van der Waals surface area contributed by atoms with Gasteiger partial charge in [0.15, 0.2) is 0 Å². The lowest BCUT2D eigenvalue weighted by atomic mass is 10.1. The first kappa shape index (κ1) is 18.1. The lowest BCUT2D eigenvalue weighted by Gasteiger charge is -2.19. The van der Waals surface area contributed by atoms with Crippen molar-refractivity contribution < 1.29 is 27.7 Å². The number of rotatable bonds is 5. The van der Waals surface area contributed by atoms with Gasteiger partial charge in [0, 0.05) is 35.6 Å². The number of amides is 1. The molecule has 1 heterocycles. The Hall–Kier alpha value is -2.20. The van der Waals surface area contributed by atoms with Crippen LogP contribution in [0.2, 0.25) is 0 Å². The van der Waals surface area contributed by atoms with E-state index in [9.17, 15) is 28.1 Å². The first-order valence-corrected chi connectivity index (χ1v) is 9.20. The van der Waals surface area contributed by atoms with Crippen molar-refractivity contribution in [2.45, 2.75) is 6.42 Å². The zero-order valence-corrected chi connectivity index (χ0v) is 14.0. The van der Waals surface area contributed by atoms with E-state index in [0.717, 1.165) is 18.1 Å². The lowest BCUT2D eigenvalue weighted by molar-refractivity contribution is -0.384. The molecule has 1 unspecified atom stereocenters. The van der Waals surface area contributed by atoms with Gasteiger partial charge in [0.1, 0.15) is 5.69 Å². The monoisotopic (exact) mass is 376 g/mol. The van der Waals surface area contributed by atoms with Gasteiger partial charge in [-0.25, -0.2) is 13.2 Å². The highest BCUT2D eigenvalue weighted by molar-refractivity contribution is 8.13. The average molecular weight is 377 g/mol. The molecule has 1 atom stereocenters. The van der Waals surface area contributed by atoms with Crippen molar-refractivity contribution in [2.24, 2.45) is 5.92 Å². The van der Waals surface area contributed by atoms with Gasteiger partial charge in [-0.1, -0.05) is 6.07 Å². The number of benzene rings is 1. The Bertz CT molecular complexity index is 809. The number of nitrogens with zero attached hydrogens (tertiary/aromatic N) is 2. The van der Waals surface area contributed by atoms with Crippen molar-refractivity contribution in [1.29, 1.82) is 0 Å². The highest BCUT2D eigenvalue weighted by Crippen LogP contribution is 2.36. The van der Waals surface area contributed by atoms with Crippen LogP contribution in [0.25, 0.3) is 0 Å². The van der Waals surface area contributed by atoms with Crippen LogP contribution in [-0.4, -0.2) is 44.6 Å². The highest BCUT2D eigenvalue weighted by atomic mass is 35.7. The van der Waals surface area contributed by atoms with Crippen LogP contribution in [0.1, 0.15) is 16.8 Å². The van der Waals surface area contributed by atoms with Crippen LogP contribution >= 0.6 is 10.7 Å². The standard InChI is InChI=1S/C13H13ClN2O7S/c1-23-13(18)9-3-2-4-10(16(19)20)12(9)15-6-8(5-11(15)17)7-24(14,21)22/h2-4,8H,5-7H2,1H3. The first-order valence-electron chi connectivity index (χ1n) is 6.72. The summed E-state index contributed by atoms with van der Waals surface area (Å²) >= 11 is 0. The third-order valence-corrected chi connectivity index (χ3v) is 4.77. The molecule has 1 aliphatic heterocycles. The fourth-order valence-corrected chi connectivity index (χ4v) is 3.95. The molecular formula is C13H13ClN2O7S. The minimum Gasteiger partial charge on any atom is -0.465 e. The van der Waals surface area contributed by atoms with Gasteiger partial charge in [-0.05, 0) is 6.07 Å². The largest absolute Gasteiger partial charge is 0.465 e. The zero-order chi connectivity index (χ0) is 18.1. The SMILES string of the molecule is COC(=O)c1cccc([N+](=O)[O-])c1N1CC(CS(=O)(=O)Cl)CC1=O. The second-order valence-electron chi connectivity index (χ2n) is 5.20. The third-order valence-electron chi connectivity index (χ3n) is 3.53. The molecule has 9 nitrogen and oxygen atoms in total. The molecule has 1 aliphatic rings. The quantitative estimate of drug-likeness (QED) is 0.328. The highest BCUT2D eigenvalue weighted by Gasteiger charge is 2.38. The smallest absolute Gasteiger partial charge is 0.340 e. The summed E-state index contributed by atoms with van der Waals surface area (Å²) in [6.45, 7) is -0.0976. The van der Waals surface area contributed by atoms with Crippen LogP contribution in [0, 0.1) is 16.0 Å². The van der Waals surface area contributed by atoms with E-state index in [1.807, 2.05) is 0 Å². The normalized spacial score (nSPS) is 17.8. The van der Waals surface area contributed by atoms with E-state index >= 15 is 0 Å². The second kappa shape index (κ2) is 6.73. The minimum atomic E-state index is -3.83. The number of nitro benzene ring substituents is 1. The van der Waals surface area contributed by atoms with Gasteiger partial charge >= 0.3 is 5.97 Å². The summed E-state index contributed by atoms with van der Waals surface area (Å²) in [5.74, 6) is -2.43. The zero-order valence-electron chi connectivity index (χ0n) is 12.5. The third kappa shape index (κ3) is 3.82. The van der Waals surface area contributed by atoms with Crippen LogP contribution in [0.3, 0.4) is 0 Å². The number of nitro groups is 1. The van der Waals surface area contributed by atoms with E-state index in [2.05, 4.69) is 4.74 Å². The summed E-state index contributed by atoms with van der Waals surface area (Å²) in [5, 5.41) is 11.3. The summed E-state index contributed by atoms with van der Waals surface area (Å²) in [6, 6.07) is 3.75. The molecule has 0 spiro atoms. The number of esters is 1. The molecule has 2 rings (SSSR count). The fraction of sp³-hybridized carbons (Fsp3) is 0.385. The average Bonchev–Trinajstić information content (AvgIpc) is 2.83. The van der Waals surface area contributed by atoms with Crippen LogP contribution in [-0.2, 0) is 18.6 Å². The Morgan fingerprint density at radius 3 is 2.71 bits per heavy atom. The van der Waals surface area contributed by atoms with E-state index in [0.29, 0.717) is 0 Å². The van der Waals surface area contributed by atoms with Gasteiger partial charge < -0.3 is 9.64 Å². The molecule has 1 aromatic carbocycles. The van der Waals surface area contributed by atoms with Gasteiger partial charge in [0.25, 0.3) is 5.69 Å². The van der Waals surface area contributed by atoms with Gasteiger partial charge in [-0.3, -0.25) is 14.9 Å². The van der Waals surface area contributed by atoms with Crippen molar-refractivity contribution in [1.82, 2.24) is 0 Å². The number of carbonyl (C=O) groups is 2. The summed E-state index contributed by atoms with van der Waals surface area (Å²) < 4.78 is 27.0. The van der Waals surface area contributed by atoms with E-state index in [-0.39, 0.29) is 24.2 Å². The number of hydrogen-bond donors (Lipinski definition) is 0. The van der Waals surface area contributed by atoms with E-state index in [1.165, 1.54) is 12.1 Å². The molecule has 1 amide bonds. The molecular weight excluding hydrogens is 364 g/mol. The van der Waals surface area contributed by atoms with Crippen molar-refractivity contribution in [2.75, 3.05) is 24.3 Å². The first-order chi connectivity index (χ1) is 11.1. The molecule has 0 N–H and O–H groups in total. The Balaban J connectivity index is 2.49. The Morgan fingerprint density at radius 1 is 1.50 bits per heavy atom. The van der Waals surface area contributed by atoms with E-state index in [4.69, 9.17) is 10.7 Å². The molecule has 0 bridgehead atoms. The molecule has 130 valence electrons. The van der Waals surface area contributed by atoms with Crippen molar-refractivity contribution >= 4 is 43.0 Å². The number of carbonyl (C=O) groups excluding carboxylic acids is 2. The Kier molecular flexibility index (Phi) is 5.09. The topological polar surface area (TPSA) is 124 Å². The van der Waals surface area contributed by atoms with Crippen molar-refractivity contribution in [3.05, 3.63) is 33.9 Å². The van der Waals surface area contributed by atoms with Crippen molar-refractivity contribution in [3.8, 4) is 0 Å². The van der Waals surface area contributed by atoms with Crippen LogP contribution in [0.4, 0.5) is 11.4 Å². The van der Waals surface area contributed by atoms with Gasteiger partial charge in [0.05, 0.1) is 23.3 Å². The molecule has 11 heteroatoms. The number of methoxy groups -OCH3 is 1. The number of halogens is 1. The van der Waals surface area contributed by atoms with Crippen LogP contribution in [0.5, 0.6) is 0 Å². The number of para-hydroxylation sites is 1. The van der Waals surface area contributed by atoms with Gasteiger partial charge in [0.2, 0.25) is 15.0 Å². The molecule has 0 saturated carbocycles. The van der Waals surface area contributed by atoms with Gasteiger partial charge in [-0.15, -0.1) is 0 Å². The Morgan fingerprint density at radius 2 is 2.17 bits per heavy atom. The minimum absolute atomic E-state index is 0.0976. The summed E-state index contributed by atoms with van der Waals surface area (Å²) in [4.78, 5) is 35.7. The summed E-state index contributed by atoms with van der Waals surface area (Å²) in [7, 11) is 2.49. The van der Waals surface area contributed by atoms with Crippen molar-refractivity contribution in [3.63, 3.8) is 0 Å². The maximum absolute atomic E-state index is 12.2. The maximum atomic E-state index is 12.2.